The molecule has 2 N–H and O–H groups in total. The van der Waals surface area contributed by atoms with Gasteiger partial charge in [-0.15, -0.1) is 0 Å². The van der Waals surface area contributed by atoms with Crippen molar-refractivity contribution in [1.82, 2.24) is 0 Å². The number of benzene rings is 2. The standard InChI is InChI=1S/C19H15Cl3N2O5/c20-12-6-14(22)16(7-13(12)21)24-18(26)8-29-19(27)9-28-11-2-3-15-10(5-11)1-4-17(25)23-15/h2-3,5-7H,1,4,8-9H2,(H,23,25)(H,24,26). The molecule has 152 valence electrons. The van der Waals surface area contributed by atoms with Crippen LogP contribution in [0.3, 0.4) is 0 Å². The molecule has 0 radical (unpaired) electrons. The van der Waals surface area contributed by atoms with E-state index in [1.165, 1.54) is 12.1 Å². The number of amides is 2. The Balaban J connectivity index is 1.46. The molecule has 2 amide bonds. The van der Waals surface area contributed by atoms with Crippen LogP contribution in [0.2, 0.25) is 15.1 Å². The molecule has 0 bridgehead atoms. The molecule has 7 nitrogen and oxygen atoms in total. The molecule has 10 heteroatoms. The fourth-order valence-electron chi connectivity index (χ4n) is 2.58. The summed E-state index contributed by atoms with van der Waals surface area (Å²) < 4.78 is 10.3. The molecule has 0 saturated carbocycles. The largest absolute Gasteiger partial charge is 0.482 e. The maximum atomic E-state index is 11.9. The van der Waals surface area contributed by atoms with Gasteiger partial charge < -0.3 is 20.1 Å². The average Bonchev–Trinajstić information content (AvgIpc) is 2.68. The van der Waals surface area contributed by atoms with Gasteiger partial charge in [-0.2, -0.15) is 0 Å². The first-order chi connectivity index (χ1) is 13.8. The average molecular weight is 458 g/mol. The molecule has 1 aliphatic rings. The van der Waals surface area contributed by atoms with Gasteiger partial charge in [0.1, 0.15) is 5.75 Å². The van der Waals surface area contributed by atoms with Crippen LogP contribution in [0.4, 0.5) is 11.4 Å². The first-order valence-electron chi connectivity index (χ1n) is 8.47. The van der Waals surface area contributed by atoms with Crippen LogP contribution < -0.4 is 15.4 Å². The van der Waals surface area contributed by atoms with Crippen LogP contribution in [0.15, 0.2) is 30.3 Å². The predicted octanol–water partition coefficient (Wildman–Crippen LogP) is 4.09. The minimum Gasteiger partial charge on any atom is -0.482 e. The van der Waals surface area contributed by atoms with Gasteiger partial charge in [0.05, 0.1) is 20.8 Å². The van der Waals surface area contributed by atoms with E-state index in [0.29, 0.717) is 18.6 Å². The number of rotatable bonds is 6. The summed E-state index contributed by atoms with van der Waals surface area (Å²) in [7, 11) is 0. The summed E-state index contributed by atoms with van der Waals surface area (Å²) in [6, 6.07) is 7.89. The first-order valence-corrected chi connectivity index (χ1v) is 9.61. The highest BCUT2D eigenvalue weighted by Crippen LogP contribution is 2.32. The Hall–Kier alpha value is -2.48. The number of nitrogens with one attached hydrogen (secondary N) is 2. The lowest BCUT2D eigenvalue weighted by Crippen LogP contribution is -2.24. The van der Waals surface area contributed by atoms with Gasteiger partial charge in [-0.3, -0.25) is 9.59 Å². The summed E-state index contributed by atoms with van der Waals surface area (Å²) in [4.78, 5) is 35.1. The molecule has 2 aromatic carbocycles. The van der Waals surface area contributed by atoms with Gasteiger partial charge in [-0.25, -0.2) is 4.79 Å². The number of carbonyl (C=O) groups excluding carboxylic acids is 3. The van der Waals surface area contributed by atoms with E-state index in [1.54, 1.807) is 18.2 Å². The Morgan fingerprint density at radius 2 is 1.76 bits per heavy atom. The molecule has 1 heterocycles. The second-order valence-electron chi connectivity index (χ2n) is 6.11. The van der Waals surface area contributed by atoms with Gasteiger partial charge in [0.25, 0.3) is 5.91 Å². The molecule has 0 aromatic heterocycles. The number of aryl methyl sites for hydroxylation is 1. The fraction of sp³-hybridized carbons (Fsp3) is 0.211. The van der Waals surface area contributed by atoms with Crippen LogP contribution in [0.25, 0.3) is 0 Å². The van der Waals surface area contributed by atoms with E-state index < -0.39 is 18.5 Å². The highest BCUT2D eigenvalue weighted by Gasteiger charge is 2.16. The molecule has 2 aromatic rings. The maximum absolute atomic E-state index is 11.9. The zero-order chi connectivity index (χ0) is 21.0. The number of fused-ring (bicyclic) bond motifs is 1. The normalized spacial score (nSPS) is 12.6. The van der Waals surface area contributed by atoms with Crippen molar-refractivity contribution in [1.29, 1.82) is 0 Å². The quantitative estimate of drug-likeness (QED) is 0.503. The first kappa shape index (κ1) is 21.2. The lowest BCUT2D eigenvalue weighted by Gasteiger charge is -2.17. The lowest BCUT2D eigenvalue weighted by atomic mass is 10.0. The molecular formula is C19H15Cl3N2O5. The SMILES string of the molecule is O=C(COC(=O)COc1ccc2c(c1)CCC(=O)N2)Nc1cc(Cl)c(Cl)cc1Cl. The van der Waals surface area contributed by atoms with Gasteiger partial charge in [0.15, 0.2) is 13.2 Å². The molecule has 29 heavy (non-hydrogen) atoms. The Morgan fingerprint density at radius 1 is 1.00 bits per heavy atom. The Bertz CT molecular complexity index is 981. The number of esters is 1. The smallest absolute Gasteiger partial charge is 0.344 e. The van der Waals surface area contributed by atoms with Crippen LogP contribution in [-0.4, -0.2) is 31.0 Å². The van der Waals surface area contributed by atoms with Gasteiger partial charge in [0.2, 0.25) is 5.91 Å². The fourth-order valence-corrected chi connectivity index (χ4v) is 3.18. The summed E-state index contributed by atoms with van der Waals surface area (Å²) in [5, 5.41) is 5.91. The van der Waals surface area contributed by atoms with Crippen LogP contribution in [0.5, 0.6) is 5.75 Å². The summed E-state index contributed by atoms with van der Waals surface area (Å²) >= 11 is 17.7. The molecule has 0 aliphatic carbocycles. The minimum atomic E-state index is -0.716. The predicted molar refractivity (Wildman–Crippen MR) is 110 cm³/mol. The lowest BCUT2D eigenvalue weighted by molar-refractivity contribution is -0.149. The molecule has 0 saturated heterocycles. The number of anilines is 2. The van der Waals surface area contributed by atoms with Crippen LogP contribution in [0.1, 0.15) is 12.0 Å². The van der Waals surface area contributed by atoms with Crippen molar-refractivity contribution in [2.24, 2.45) is 0 Å². The molecule has 0 unspecified atom stereocenters. The summed E-state index contributed by atoms with van der Waals surface area (Å²) in [6.07, 6.45) is 0.997. The summed E-state index contributed by atoms with van der Waals surface area (Å²) in [6.45, 7) is -0.888. The molecule has 0 spiro atoms. The summed E-state index contributed by atoms with van der Waals surface area (Å²) in [5.41, 5.74) is 1.90. The molecule has 1 aliphatic heterocycles. The van der Waals surface area contributed by atoms with E-state index in [1.807, 2.05) is 0 Å². The molecule has 0 atom stereocenters. The number of halogens is 3. The Kier molecular flexibility index (Phi) is 6.84. The van der Waals surface area contributed by atoms with E-state index in [2.05, 4.69) is 10.6 Å². The van der Waals surface area contributed by atoms with Crippen molar-refractivity contribution < 1.29 is 23.9 Å². The van der Waals surface area contributed by atoms with Crippen molar-refractivity contribution in [2.75, 3.05) is 23.8 Å². The third-order valence-electron chi connectivity index (χ3n) is 3.98. The molecular weight excluding hydrogens is 443 g/mol. The van der Waals surface area contributed by atoms with Gasteiger partial charge in [0, 0.05) is 12.1 Å². The van der Waals surface area contributed by atoms with E-state index in [4.69, 9.17) is 44.3 Å². The molecule has 3 rings (SSSR count). The van der Waals surface area contributed by atoms with E-state index >= 15 is 0 Å². The van der Waals surface area contributed by atoms with Crippen molar-refractivity contribution in [3.63, 3.8) is 0 Å². The van der Waals surface area contributed by atoms with Gasteiger partial charge >= 0.3 is 5.97 Å². The number of hydrogen-bond donors (Lipinski definition) is 2. The third kappa shape index (κ3) is 5.76. The highest BCUT2D eigenvalue weighted by molar-refractivity contribution is 6.44. The number of carbonyl (C=O) groups is 3. The topological polar surface area (TPSA) is 93.7 Å². The second-order valence-corrected chi connectivity index (χ2v) is 7.33. The Morgan fingerprint density at radius 3 is 2.55 bits per heavy atom. The Labute approximate surface area is 181 Å². The van der Waals surface area contributed by atoms with E-state index in [-0.39, 0.29) is 33.3 Å². The maximum Gasteiger partial charge on any atom is 0.344 e. The van der Waals surface area contributed by atoms with Crippen molar-refractivity contribution >= 4 is 64.0 Å². The second kappa shape index (κ2) is 9.35. The monoisotopic (exact) mass is 456 g/mol. The number of ether oxygens (including phenoxy) is 2. The van der Waals surface area contributed by atoms with E-state index in [9.17, 15) is 14.4 Å². The van der Waals surface area contributed by atoms with Crippen molar-refractivity contribution in [3.8, 4) is 5.75 Å². The highest BCUT2D eigenvalue weighted by atomic mass is 35.5. The third-order valence-corrected chi connectivity index (χ3v) is 5.01. The van der Waals surface area contributed by atoms with Crippen LogP contribution in [0, 0.1) is 0 Å². The van der Waals surface area contributed by atoms with Crippen LogP contribution >= 0.6 is 34.8 Å². The zero-order valence-electron chi connectivity index (χ0n) is 14.9. The summed E-state index contributed by atoms with van der Waals surface area (Å²) in [5.74, 6) is -0.881. The van der Waals surface area contributed by atoms with Gasteiger partial charge in [-0.1, -0.05) is 34.8 Å². The van der Waals surface area contributed by atoms with Gasteiger partial charge in [-0.05, 0) is 42.3 Å². The number of hydrogen-bond acceptors (Lipinski definition) is 5. The van der Waals surface area contributed by atoms with Crippen molar-refractivity contribution in [3.05, 3.63) is 51.0 Å². The minimum absolute atomic E-state index is 0.0322. The molecule has 0 fully saturated rings. The van der Waals surface area contributed by atoms with E-state index in [0.717, 1.165) is 11.3 Å². The van der Waals surface area contributed by atoms with Crippen molar-refractivity contribution in [2.45, 2.75) is 12.8 Å². The zero-order valence-corrected chi connectivity index (χ0v) is 17.2. The van der Waals surface area contributed by atoms with Crippen LogP contribution in [-0.2, 0) is 25.5 Å².